The molecule has 0 aromatic heterocycles. The predicted molar refractivity (Wildman–Crippen MR) is 169 cm³/mol. The van der Waals surface area contributed by atoms with E-state index in [2.05, 4.69) is 95.3 Å². The quantitative estimate of drug-likeness (QED) is 0.295. The normalized spacial score (nSPS) is 25.0. The second-order valence-electron chi connectivity index (χ2n) is 14.6. The van der Waals surface area contributed by atoms with E-state index in [0.717, 1.165) is 24.0 Å². The molecule has 0 spiro atoms. The maximum Gasteiger partial charge on any atom is 0.410 e. The summed E-state index contributed by atoms with van der Waals surface area (Å²) in [6.45, 7) is 12.5. The number of carbonyl (C=O) groups excluding carboxylic acids is 2. The van der Waals surface area contributed by atoms with Crippen LogP contribution in [0.2, 0.25) is 0 Å². The smallest absolute Gasteiger partial charge is 0.410 e. The summed E-state index contributed by atoms with van der Waals surface area (Å²) in [7, 11) is 0. The highest BCUT2D eigenvalue weighted by Crippen LogP contribution is 2.48. The van der Waals surface area contributed by atoms with E-state index >= 15 is 0 Å². The third kappa shape index (κ3) is 4.71. The molecule has 2 heterocycles. The number of ether oxygens (including phenoxy) is 2. The lowest BCUT2D eigenvalue weighted by Gasteiger charge is -2.47. The minimum Gasteiger partial charge on any atom is -0.448 e. The molecule has 0 N–H and O–H groups in total. The van der Waals surface area contributed by atoms with Gasteiger partial charge in [-0.1, -0.05) is 82.3 Å². The Bertz CT molecular complexity index is 1540. The summed E-state index contributed by atoms with van der Waals surface area (Å²) in [5.74, 6) is 0.101. The Morgan fingerprint density at radius 3 is 1.95 bits per heavy atom. The Morgan fingerprint density at radius 2 is 1.37 bits per heavy atom. The van der Waals surface area contributed by atoms with Gasteiger partial charge in [0.05, 0.1) is 25.3 Å². The largest absolute Gasteiger partial charge is 0.448 e. The van der Waals surface area contributed by atoms with Gasteiger partial charge < -0.3 is 9.47 Å². The van der Waals surface area contributed by atoms with Gasteiger partial charge in [-0.05, 0) is 88.4 Å². The number of morpholine rings is 1. The first kappa shape index (κ1) is 28.3. The number of amides is 1. The zero-order valence-corrected chi connectivity index (χ0v) is 26.1. The molecule has 2 saturated heterocycles. The maximum atomic E-state index is 14.1. The molecular weight excluding hydrogens is 534 g/mol. The van der Waals surface area contributed by atoms with Crippen molar-refractivity contribution in [3.05, 3.63) is 94.0 Å². The number of Topliss-reactive ketones (excluding diaryl/α,β-unsaturated/α-hetero) is 1. The lowest BCUT2D eigenvalue weighted by atomic mass is 9.62. The summed E-state index contributed by atoms with van der Waals surface area (Å²) in [5, 5.41) is 0. The first-order valence-electron chi connectivity index (χ1n) is 16.0. The number of rotatable bonds is 4. The van der Waals surface area contributed by atoms with Gasteiger partial charge in [0, 0.05) is 17.4 Å². The Morgan fingerprint density at radius 1 is 0.837 bits per heavy atom. The summed E-state index contributed by atoms with van der Waals surface area (Å²) < 4.78 is 12.0. The average molecular weight is 578 g/mol. The van der Waals surface area contributed by atoms with Crippen molar-refractivity contribution in [3.8, 4) is 11.1 Å². The van der Waals surface area contributed by atoms with Crippen molar-refractivity contribution >= 4 is 11.9 Å². The highest BCUT2D eigenvalue weighted by Gasteiger charge is 2.46. The maximum absolute atomic E-state index is 14.1. The third-order valence-electron chi connectivity index (χ3n) is 10.9. The monoisotopic (exact) mass is 577 g/mol. The molecule has 0 radical (unpaired) electrons. The second-order valence-corrected chi connectivity index (χ2v) is 14.6. The predicted octanol–water partition coefficient (Wildman–Crippen LogP) is 7.96. The fourth-order valence-corrected chi connectivity index (χ4v) is 8.30. The number of benzene rings is 3. The molecule has 5 nitrogen and oxygen atoms in total. The standard InChI is InChI=1S/C38H43NO4/c1-23-16-33-34(38(4,5)15-14-37(33,2)3)19-31(23)35(40)24-17-25-20-42-21-26(18-24)39(25)36(41)43-22-32-29-12-8-6-10-27(29)28-11-7-9-13-30(28)32/h6-13,16,19,24-26,32H,14-15,17-18,20-22H2,1-5H3. The Kier molecular flexibility index (Phi) is 6.81. The van der Waals surface area contributed by atoms with Crippen molar-refractivity contribution in [2.24, 2.45) is 5.92 Å². The van der Waals surface area contributed by atoms with Crippen LogP contribution in [0.4, 0.5) is 4.79 Å². The fraction of sp³-hybridized carbons (Fsp3) is 0.474. The van der Waals surface area contributed by atoms with Crippen molar-refractivity contribution < 1.29 is 19.1 Å². The van der Waals surface area contributed by atoms with Crippen molar-refractivity contribution in [1.29, 1.82) is 0 Å². The molecule has 2 aliphatic carbocycles. The topological polar surface area (TPSA) is 55.8 Å². The van der Waals surface area contributed by atoms with E-state index in [9.17, 15) is 9.59 Å². The zero-order chi connectivity index (χ0) is 30.1. The van der Waals surface area contributed by atoms with Crippen LogP contribution in [0, 0.1) is 12.8 Å². The van der Waals surface area contributed by atoms with Crippen molar-refractivity contribution in [2.45, 2.75) is 89.1 Å². The van der Waals surface area contributed by atoms with Gasteiger partial charge in [0.15, 0.2) is 5.78 Å². The average Bonchev–Trinajstić information content (AvgIpc) is 3.30. The lowest BCUT2D eigenvalue weighted by Crippen LogP contribution is -2.60. The molecule has 2 bridgehead atoms. The number of carbonyl (C=O) groups is 2. The van der Waals surface area contributed by atoms with E-state index in [1.165, 1.54) is 33.4 Å². The van der Waals surface area contributed by atoms with Crippen LogP contribution in [0.25, 0.3) is 11.1 Å². The fourth-order valence-electron chi connectivity index (χ4n) is 8.30. The highest BCUT2D eigenvalue weighted by atomic mass is 16.6. The van der Waals surface area contributed by atoms with Gasteiger partial charge >= 0.3 is 6.09 Å². The van der Waals surface area contributed by atoms with Crippen molar-refractivity contribution in [2.75, 3.05) is 19.8 Å². The molecule has 1 amide bonds. The SMILES string of the molecule is Cc1cc2c(cc1C(=O)C1CC3COCC(C1)N3C(=O)OCC1c3ccccc3-c3ccccc31)C(C)(C)CCC2(C)C. The summed E-state index contributed by atoms with van der Waals surface area (Å²) in [4.78, 5) is 29.7. The Labute approximate surface area is 255 Å². The number of hydrogen-bond acceptors (Lipinski definition) is 4. The molecule has 2 unspecified atom stereocenters. The summed E-state index contributed by atoms with van der Waals surface area (Å²) in [6, 6.07) is 20.9. The van der Waals surface area contributed by atoms with Crippen LogP contribution in [-0.4, -0.2) is 48.7 Å². The highest BCUT2D eigenvalue weighted by molar-refractivity contribution is 6.00. The van der Waals surface area contributed by atoms with Crippen LogP contribution in [0.5, 0.6) is 0 Å². The molecule has 4 aliphatic rings. The van der Waals surface area contributed by atoms with Crippen LogP contribution < -0.4 is 0 Å². The summed E-state index contributed by atoms with van der Waals surface area (Å²) >= 11 is 0. The van der Waals surface area contributed by atoms with Crippen molar-refractivity contribution in [1.82, 2.24) is 4.90 Å². The Hall–Kier alpha value is -3.44. The van der Waals surface area contributed by atoms with E-state index in [0.29, 0.717) is 32.7 Å². The lowest BCUT2D eigenvalue weighted by molar-refractivity contribution is -0.0747. The number of fused-ring (bicyclic) bond motifs is 6. The number of hydrogen-bond donors (Lipinski definition) is 0. The van der Waals surface area contributed by atoms with Gasteiger partial charge in [-0.15, -0.1) is 0 Å². The van der Waals surface area contributed by atoms with E-state index in [-0.39, 0.29) is 46.6 Å². The Balaban J connectivity index is 1.09. The van der Waals surface area contributed by atoms with E-state index in [4.69, 9.17) is 9.47 Å². The van der Waals surface area contributed by atoms with Gasteiger partial charge in [-0.3, -0.25) is 9.69 Å². The van der Waals surface area contributed by atoms with Gasteiger partial charge in [-0.25, -0.2) is 4.79 Å². The van der Waals surface area contributed by atoms with Crippen LogP contribution in [0.3, 0.4) is 0 Å². The summed E-state index contributed by atoms with van der Waals surface area (Å²) in [5.41, 5.74) is 9.61. The molecule has 0 saturated carbocycles. The minimum absolute atomic E-state index is 0.0211. The van der Waals surface area contributed by atoms with Gasteiger partial charge in [0.2, 0.25) is 0 Å². The molecule has 5 heteroatoms. The number of nitrogens with zero attached hydrogens (tertiary/aromatic N) is 1. The third-order valence-corrected chi connectivity index (χ3v) is 10.9. The molecule has 43 heavy (non-hydrogen) atoms. The second kappa shape index (κ2) is 10.3. The molecule has 2 aliphatic heterocycles. The molecule has 3 aromatic rings. The number of ketones is 1. The van der Waals surface area contributed by atoms with E-state index in [1.807, 2.05) is 4.90 Å². The molecule has 2 fully saturated rings. The van der Waals surface area contributed by atoms with Gasteiger partial charge in [0.1, 0.15) is 6.61 Å². The van der Waals surface area contributed by atoms with Crippen LogP contribution in [0.15, 0.2) is 60.7 Å². The molecule has 224 valence electrons. The molecule has 2 atom stereocenters. The van der Waals surface area contributed by atoms with Gasteiger partial charge in [-0.2, -0.15) is 0 Å². The zero-order valence-electron chi connectivity index (χ0n) is 26.1. The molecular formula is C38H43NO4. The number of aryl methyl sites for hydroxylation is 1. The van der Waals surface area contributed by atoms with E-state index < -0.39 is 0 Å². The number of piperidine rings is 1. The first-order chi connectivity index (χ1) is 20.5. The molecule has 3 aromatic carbocycles. The van der Waals surface area contributed by atoms with Crippen molar-refractivity contribution in [3.63, 3.8) is 0 Å². The van der Waals surface area contributed by atoms with Gasteiger partial charge in [0.25, 0.3) is 0 Å². The molecule has 7 rings (SSSR count). The summed E-state index contributed by atoms with van der Waals surface area (Å²) in [6.07, 6.45) is 3.18. The first-order valence-corrected chi connectivity index (χ1v) is 16.0. The van der Waals surface area contributed by atoms with Crippen LogP contribution in [0.1, 0.15) is 97.5 Å². The van der Waals surface area contributed by atoms with E-state index in [1.54, 1.807) is 0 Å². The minimum atomic E-state index is -0.292. The van der Waals surface area contributed by atoms with Crippen LogP contribution in [-0.2, 0) is 20.3 Å². The van der Waals surface area contributed by atoms with Crippen LogP contribution >= 0.6 is 0 Å².